The first-order chi connectivity index (χ1) is 10.00. The Bertz CT molecular complexity index is 468. The van der Waals surface area contributed by atoms with Crippen LogP contribution < -0.4 is 0 Å². The van der Waals surface area contributed by atoms with Crippen LogP contribution in [0.1, 0.15) is 51.9 Å². The Labute approximate surface area is 128 Å². The van der Waals surface area contributed by atoms with Crippen molar-refractivity contribution in [3.63, 3.8) is 0 Å². The third kappa shape index (κ3) is 3.00. The van der Waals surface area contributed by atoms with E-state index in [1.807, 2.05) is 0 Å². The van der Waals surface area contributed by atoms with Gasteiger partial charge in [0.15, 0.2) is 0 Å². The van der Waals surface area contributed by atoms with E-state index in [1.54, 1.807) is 8.61 Å². The van der Waals surface area contributed by atoms with E-state index in [4.69, 9.17) is 0 Å². The third-order valence-electron chi connectivity index (χ3n) is 5.52. The summed E-state index contributed by atoms with van der Waals surface area (Å²) in [6.07, 6.45) is 6.43. The Hall–Kier alpha value is -0.170. The van der Waals surface area contributed by atoms with Gasteiger partial charge in [0.1, 0.15) is 0 Å². The Balaban J connectivity index is 1.77. The second-order valence-corrected chi connectivity index (χ2v) is 8.98. The molecule has 0 aromatic heterocycles. The van der Waals surface area contributed by atoms with E-state index in [9.17, 15) is 13.5 Å². The molecular weight excluding hydrogens is 288 g/mol. The number of aliphatic hydroxyl groups excluding tert-OH is 1. The van der Waals surface area contributed by atoms with Crippen LogP contribution in [0.5, 0.6) is 0 Å². The molecule has 122 valence electrons. The van der Waals surface area contributed by atoms with Crippen molar-refractivity contribution >= 4 is 10.2 Å². The molecule has 21 heavy (non-hydrogen) atoms. The van der Waals surface area contributed by atoms with E-state index in [0.717, 1.165) is 44.9 Å². The van der Waals surface area contributed by atoms with Crippen LogP contribution in [-0.4, -0.2) is 53.9 Å². The summed E-state index contributed by atoms with van der Waals surface area (Å²) in [5.41, 5.74) is 0. The van der Waals surface area contributed by atoms with Gasteiger partial charge in [0.2, 0.25) is 0 Å². The molecule has 1 saturated carbocycles. The summed E-state index contributed by atoms with van der Waals surface area (Å²) >= 11 is 0. The summed E-state index contributed by atoms with van der Waals surface area (Å²) in [5, 5.41) is 10.2. The quantitative estimate of drug-likeness (QED) is 0.860. The van der Waals surface area contributed by atoms with Crippen LogP contribution in [0.15, 0.2) is 0 Å². The van der Waals surface area contributed by atoms with Crippen LogP contribution in [0.2, 0.25) is 0 Å². The number of hydrogen-bond acceptors (Lipinski definition) is 3. The molecule has 3 fully saturated rings. The summed E-state index contributed by atoms with van der Waals surface area (Å²) in [4.78, 5) is 0. The van der Waals surface area contributed by atoms with Crippen molar-refractivity contribution in [3.05, 3.63) is 0 Å². The van der Waals surface area contributed by atoms with Crippen molar-refractivity contribution in [3.8, 4) is 0 Å². The molecule has 5 nitrogen and oxygen atoms in total. The largest absolute Gasteiger partial charge is 0.393 e. The smallest absolute Gasteiger partial charge is 0.282 e. The van der Waals surface area contributed by atoms with Gasteiger partial charge in [-0.2, -0.15) is 17.0 Å². The lowest BCUT2D eigenvalue weighted by Crippen LogP contribution is -2.51. The van der Waals surface area contributed by atoms with Gasteiger partial charge in [0, 0.05) is 31.6 Å². The fraction of sp³-hybridized carbons (Fsp3) is 1.00. The zero-order valence-corrected chi connectivity index (χ0v) is 13.8. The maximum absolute atomic E-state index is 13.0. The molecule has 2 heterocycles. The average Bonchev–Trinajstić information content (AvgIpc) is 3.07. The lowest BCUT2D eigenvalue weighted by molar-refractivity contribution is 0.0951. The average molecular weight is 316 g/mol. The molecule has 0 spiro atoms. The van der Waals surface area contributed by atoms with Gasteiger partial charge in [-0.25, -0.2) is 0 Å². The minimum Gasteiger partial charge on any atom is -0.393 e. The minimum atomic E-state index is -3.35. The predicted octanol–water partition coefficient (Wildman–Crippen LogP) is 1.59. The molecule has 0 aromatic rings. The van der Waals surface area contributed by atoms with Crippen LogP contribution in [0.3, 0.4) is 0 Å². The zero-order valence-electron chi connectivity index (χ0n) is 12.9. The first-order valence-electron chi connectivity index (χ1n) is 8.45. The Morgan fingerprint density at radius 3 is 2.43 bits per heavy atom. The normalized spacial score (nSPS) is 39.9. The van der Waals surface area contributed by atoms with E-state index < -0.39 is 10.2 Å². The van der Waals surface area contributed by atoms with Crippen molar-refractivity contribution in [1.82, 2.24) is 8.61 Å². The van der Waals surface area contributed by atoms with Crippen molar-refractivity contribution in [1.29, 1.82) is 0 Å². The van der Waals surface area contributed by atoms with Crippen LogP contribution in [0.4, 0.5) is 0 Å². The first kappa shape index (κ1) is 15.7. The maximum atomic E-state index is 13.0. The topological polar surface area (TPSA) is 60.9 Å². The van der Waals surface area contributed by atoms with Crippen molar-refractivity contribution in [2.45, 2.75) is 64.0 Å². The van der Waals surface area contributed by atoms with Gasteiger partial charge in [-0.15, -0.1) is 0 Å². The molecule has 0 bridgehead atoms. The highest BCUT2D eigenvalue weighted by molar-refractivity contribution is 7.86. The van der Waals surface area contributed by atoms with Gasteiger partial charge >= 0.3 is 0 Å². The van der Waals surface area contributed by atoms with Crippen molar-refractivity contribution in [2.75, 3.05) is 19.6 Å². The van der Waals surface area contributed by atoms with E-state index in [1.165, 1.54) is 0 Å². The molecule has 1 N–H and O–H groups in total. The van der Waals surface area contributed by atoms with Gasteiger partial charge in [0.05, 0.1) is 6.10 Å². The van der Waals surface area contributed by atoms with E-state index in [-0.39, 0.29) is 18.1 Å². The molecule has 0 amide bonds. The molecule has 1 aliphatic carbocycles. The first-order valence-corrected chi connectivity index (χ1v) is 9.85. The predicted molar refractivity (Wildman–Crippen MR) is 82.0 cm³/mol. The van der Waals surface area contributed by atoms with Gasteiger partial charge in [0.25, 0.3) is 10.2 Å². The molecule has 0 radical (unpaired) electrons. The molecule has 2 saturated heterocycles. The van der Waals surface area contributed by atoms with Gasteiger partial charge in [-0.05, 0) is 44.4 Å². The molecule has 3 rings (SSSR count). The molecular formula is C15H28N2O3S. The highest BCUT2D eigenvalue weighted by Gasteiger charge is 2.45. The fourth-order valence-corrected chi connectivity index (χ4v) is 6.47. The summed E-state index contributed by atoms with van der Waals surface area (Å²) in [5.74, 6) is 0.594. The third-order valence-corrected chi connectivity index (χ3v) is 7.55. The van der Waals surface area contributed by atoms with Gasteiger partial charge < -0.3 is 5.11 Å². The Morgan fingerprint density at radius 1 is 1.00 bits per heavy atom. The van der Waals surface area contributed by atoms with Crippen LogP contribution >= 0.6 is 0 Å². The van der Waals surface area contributed by atoms with E-state index in [2.05, 4.69) is 6.92 Å². The molecule has 4 unspecified atom stereocenters. The number of aliphatic hydroxyl groups is 1. The van der Waals surface area contributed by atoms with Crippen molar-refractivity contribution < 1.29 is 13.5 Å². The Morgan fingerprint density at radius 2 is 1.76 bits per heavy atom. The monoisotopic (exact) mass is 316 g/mol. The minimum absolute atomic E-state index is 0.0183. The lowest BCUT2D eigenvalue weighted by atomic mass is 9.95. The Kier molecular flexibility index (Phi) is 4.60. The van der Waals surface area contributed by atoms with Crippen molar-refractivity contribution in [2.24, 2.45) is 11.8 Å². The molecule has 3 aliphatic rings. The highest BCUT2D eigenvalue weighted by atomic mass is 32.2. The molecule has 2 aliphatic heterocycles. The zero-order chi connectivity index (χ0) is 15.0. The second-order valence-electron chi connectivity index (χ2n) is 7.10. The summed E-state index contributed by atoms with van der Waals surface area (Å²) in [7, 11) is -3.35. The lowest BCUT2D eigenvalue weighted by Gasteiger charge is -2.37. The van der Waals surface area contributed by atoms with E-state index >= 15 is 0 Å². The molecule has 0 aromatic carbocycles. The maximum Gasteiger partial charge on any atom is 0.282 e. The van der Waals surface area contributed by atoms with Crippen LogP contribution in [0.25, 0.3) is 0 Å². The summed E-state index contributed by atoms with van der Waals surface area (Å²) in [6.45, 7) is 4.06. The number of hydrogen-bond donors (Lipinski definition) is 1. The van der Waals surface area contributed by atoms with E-state index in [0.29, 0.717) is 25.6 Å². The second kappa shape index (κ2) is 6.14. The molecule has 4 atom stereocenters. The summed E-state index contributed by atoms with van der Waals surface area (Å²) < 4.78 is 29.3. The van der Waals surface area contributed by atoms with Crippen LogP contribution in [0, 0.1) is 11.8 Å². The van der Waals surface area contributed by atoms with Gasteiger partial charge in [-0.3, -0.25) is 0 Å². The highest BCUT2D eigenvalue weighted by Crippen LogP contribution is 2.38. The number of nitrogens with zero attached hydrogens (tertiary/aromatic N) is 2. The standard InChI is InChI=1S/C15H28N2O3S/c1-12-5-3-9-16(11-12)21(19,20)17-10-4-7-14(17)13-6-2-8-15(13)18/h12-15,18H,2-11H2,1H3. The molecule has 6 heteroatoms. The van der Waals surface area contributed by atoms with Gasteiger partial charge in [-0.1, -0.05) is 13.3 Å². The number of piperidine rings is 1. The van der Waals surface area contributed by atoms with Crippen LogP contribution in [-0.2, 0) is 10.2 Å². The fourth-order valence-electron chi connectivity index (χ4n) is 4.40. The SMILES string of the molecule is CC1CCCN(S(=O)(=O)N2CCCC2C2CCCC2O)C1. The summed E-state index contributed by atoms with van der Waals surface area (Å²) in [6, 6.07) is 0.0183. The number of rotatable bonds is 3.